The van der Waals surface area contributed by atoms with Crippen molar-refractivity contribution in [1.82, 2.24) is 9.88 Å². The van der Waals surface area contributed by atoms with Crippen molar-refractivity contribution >= 4 is 5.91 Å². The van der Waals surface area contributed by atoms with Gasteiger partial charge in [0.2, 0.25) is 5.88 Å². The van der Waals surface area contributed by atoms with Gasteiger partial charge in [0.25, 0.3) is 5.91 Å². The van der Waals surface area contributed by atoms with Gasteiger partial charge >= 0.3 is 0 Å². The minimum atomic E-state index is -0.145. The van der Waals surface area contributed by atoms with Crippen LogP contribution in [0.2, 0.25) is 0 Å². The first-order valence-electron chi connectivity index (χ1n) is 6.60. The van der Waals surface area contributed by atoms with Crippen LogP contribution in [0.15, 0.2) is 42.6 Å². The highest BCUT2D eigenvalue weighted by molar-refractivity contribution is 5.95. The average Bonchev–Trinajstić information content (AvgIpc) is 2.53. The molecule has 0 atom stereocenters. The summed E-state index contributed by atoms with van der Waals surface area (Å²) < 4.78 is 5.65. The summed E-state index contributed by atoms with van der Waals surface area (Å²) in [6.45, 7) is 0.333. The first-order chi connectivity index (χ1) is 10.1. The Balaban J connectivity index is 2.10. The summed E-state index contributed by atoms with van der Waals surface area (Å²) in [6.07, 6.45) is 1.59. The Morgan fingerprint density at radius 3 is 2.48 bits per heavy atom. The lowest BCUT2D eigenvalue weighted by atomic mass is 10.1. The number of hydrogen-bond donors (Lipinski definition) is 1. The summed E-state index contributed by atoms with van der Waals surface area (Å²) in [4.78, 5) is 17.6. The first-order valence-corrected chi connectivity index (χ1v) is 6.60. The van der Waals surface area contributed by atoms with Crippen molar-refractivity contribution in [2.24, 2.45) is 0 Å². The molecule has 1 N–H and O–H groups in total. The third-order valence-corrected chi connectivity index (χ3v) is 2.99. The van der Waals surface area contributed by atoms with Gasteiger partial charge in [-0.3, -0.25) is 4.79 Å². The van der Waals surface area contributed by atoms with Crippen molar-refractivity contribution in [3.05, 3.63) is 59.3 Å². The van der Waals surface area contributed by atoms with Gasteiger partial charge in [-0.05, 0) is 23.3 Å². The minimum Gasteiger partial charge on any atom is -0.472 e. The molecule has 0 saturated carbocycles. The number of rotatable bonds is 5. The molecule has 1 aromatic carbocycles. The molecule has 5 nitrogen and oxygen atoms in total. The van der Waals surface area contributed by atoms with Gasteiger partial charge in [0.15, 0.2) is 0 Å². The summed E-state index contributed by atoms with van der Waals surface area (Å²) in [7, 11) is 3.37. The largest absolute Gasteiger partial charge is 0.472 e. The van der Waals surface area contributed by atoms with Crippen LogP contribution in [0.5, 0.6) is 5.88 Å². The van der Waals surface area contributed by atoms with Crippen LogP contribution in [0.3, 0.4) is 0 Å². The standard InChI is InChI=1S/C16H18N2O3/c1-18(2)16(20)14-4-3-9-17-15(14)21-11-13-7-5-12(10-19)6-8-13/h3-9,19H,10-11H2,1-2H3. The Kier molecular flexibility index (Phi) is 4.90. The molecule has 0 unspecified atom stereocenters. The Morgan fingerprint density at radius 1 is 1.19 bits per heavy atom. The molecule has 0 aliphatic heterocycles. The van der Waals surface area contributed by atoms with Crippen LogP contribution in [-0.2, 0) is 13.2 Å². The molecule has 0 aliphatic carbocycles. The monoisotopic (exact) mass is 286 g/mol. The van der Waals surface area contributed by atoms with Gasteiger partial charge in [0, 0.05) is 20.3 Å². The fraction of sp³-hybridized carbons (Fsp3) is 0.250. The number of benzene rings is 1. The fourth-order valence-electron chi connectivity index (χ4n) is 1.80. The van der Waals surface area contributed by atoms with E-state index in [0.717, 1.165) is 11.1 Å². The molecular weight excluding hydrogens is 268 g/mol. The number of amides is 1. The quantitative estimate of drug-likeness (QED) is 0.911. The molecule has 2 rings (SSSR count). The Labute approximate surface area is 123 Å². The SMILES string of the molecule is CN(C)C(=O)c1cccnc1OCc1ccc(CO)cc1. The molecule has 1 amide bonds. The lowest BCUT2D eigenvalue weighted by Crippen LogP contribution is -2.22. The summed E-state index contributed by atoms with van der Waals surface area (Å²) in [5, 5.41) is 9.00. The highest BCUT2D eigenvalue weighted by Gasteiger charge is 2.15. The van der Waals surface area contributed by atoms with Crippen molar-refractivity contribution in [2.75, 3.05) is 14.1 Å². The van der Waals surface area contributed by atoms with E-state index in [1.54, 1.807) is 32.4 Å². The smallest absolute Gasteiger partial charge is 0.258 e. The maximum atomic E-state index is 12.0. The third-order valence-electron chi connectivity index (χ3n) is 2.99. The van der Waals surface area contributed by atoms with E-state index < -0.39 is 0 Å². The molecule has 21 heavy (non-hydrogen) atoms. The Bertz CT molecular complexity index is 609. The molecule has 0 aliphatic rings. The molecule has 2 aromatic rings. The van der Waals surface area contributed by atoms with E-state index in [9.17, 15) is 4.79 Å². The number of pyridine rings is 1. The van der Waals surface area contributed by atoms with Crippen LogP contribution in [0.25, 0.3) is 0 Å². The van der Waals surface area contributed by atoms with Gasteiger partial charge in [-0.1, -0.05) is 24.3 Å². The van der Waals surface area contributed by atoms with Gasteiger partial charge in [0.1, 0.15) is 12.2 Å². The summed E-state index contributed by atoms with van der Waals surface area (Å²) in [6, 6.07) is 10.8. The van der Waals surface area contributed by atoms with E-state index >= 15 is 0 Å². The lowest BCUT2D eigenvalue weighted by Gasteiger charge is -2.13. The Hall–Kier alpha value is -2.40. The summed E-state index contributed by atoms with van der Waals surface area (Å²) >= 11 is 0. The van der Waals surface area contributed by atoms with Crippen LogP contribution in [-0.4, -0.2) is 35.0 Å². The molecule has 0 radical (unpaired) electrons. The van der Waals surface area contributed by atoms with E-state index in [1.807, 2.05) is 24.3 Å². The number of hydrogen-bond acceptors (Lipinski definition) is 4. The number of carbonyl (C=O) groups is 1. The molecule has 110 valence electrons. The highest BCUT2D eigenvalue weighted by Crippen LogP contribution is 2.17. The predicted octanol–water partition coefficient (Wildman–Crippen LogP) is 1.85. The number of aromatic nitrogens is 1. The fourth-order valence-corrected chi connectivity index (χ4v) is 1.80. The van der Waals surface area contributed by atoms with Crippen LogP contribution in [0, 0.1) is 0 Å². The average molecular weight is 286 g/mol. The normalized spacial score (nSPS) is 10.2. The number of ether oxygens (including phenoxy) is 1. The van der Waals surface area contributed by atoms with Crippen LogP contribution >= 0.6 is 0 Å². The molecule has 0 saturated heterocycles. The highest BCUT2D eigenvalue weighted by atomic mass is 16.5. The van der Waals surface area contributed by atoms with E-state index in [-0.39, 0.29) is 12.5 Å². The lowest BCUT2D eigenvalue weighted by molar-refractivity contribution is 0.0821. The number of carbonyl (C=O) groups excluding carboxylic acids is 1. The van der Waals surface area contributed by atoms with Crippen molar-refractivity contribution in [2.45, 2.75) is 13.2 Å². The third kappa shape index (κ3) is 3.79. The van der Waals surface area contributed by atoms with Gasteiger partial charge in [0.05, 0.1) is 6.61 Å². The zero-order chi connectivity index (χ0) is 15.2. The zero-order valence-corrected chi connectivity index (χ0v) is 12.1. The molecule has 5 heteroatoms. The summed E-state index contributed by atoms with van der Waals surface area (Å²) in [5.74, 6) is 0.177. The van der Waals surface area contributed by atoms with E-state index in [4.69, 9.17) is 9.84 Å². The molecule has 0 fully saturated rings. The molecule has 1 heterocycles. The minimum absolute atomic E-state index is 0.0167. The van der Waals surface area contributed by atoms with Gasteiger partial charge < -0.3 is 14.7 Å². The van der Waals surface area contributed by atoms with Gasteiger partial charge in [-0.15, -0.1) is 0 Å². The zero-order valence-electron chi connectivity index (χ0n) is 12.1. The topological polar surface area (TPSA) is 62.7 Å². The molecule has 1 aromatic heterocycles. The second kappa shape index (κ2) is 6.85. The van der Waals surface area contributed by atoms with Crippen molar-refractivity contribution < 1.29 is 14.6 Å². The Morgan fingerprint density at radius 2 is 1.86 bits per heavy atom. The molecule has 0 bridgehead atoms. The van der Waals surface area contributed by atoms with Crippen molar-refractivity contribution in [1.29, 1.82) is 0 Å². The molecule has 0 spiro atoms. The number of nitrogens with zero attached hydrogens (tertiary/aromatic N) is 2. The first kappa shape index (κ1) is 15.0. The van der Waals surface area contributed by atoms with Crippen LogP contribution < -0.4 is 4.74 Å². The van der Waals surface area contributed by atoms with Gasteiger partial charge in [-0.25, -0.2) is 4.98 Å². The van der Waals surface area contributed by atoms with E-state index in [2.05, 4.69) is 4.98 Å². The second-order valence-corrected chi connectivity index (χ2v) is 4.82. The van der Waals surface area contributed by atoms with Gasteiger partial charge in [-0.2, -0.15) is 0 Å². The number of aliphatic hydroxyl groups excluding tert-OH is 1. The maximum Gasteiger partial charge on any atom is 0.258 e. The summed E-state index contributed by atoms with van der Waals surface area (Å²) in [5.41, 5.74) is 2.23. The van der Waals surface area contributed by atoms with E-state index in [1.165, 1.54) is 4.90 Å². The van der Waals surface area contributed by atoms with E-state index in [0.29, 0.717) is 18.1 Å². The van der Waals surface area contributed by atoms with Crippen molar-refractivity contribution in [3.8, 4) is 5.88 Å². The van der Waals surface area contributed by atoms with Crippen molar-refractivity contribution in [3.63, 3.8) is 0 Å². The second-order valence-electron chi connectivity index (χ2n) is 4.82. The molecular formula is C16H18N2O3. The van der Waals surface area contributed by atoms with Crippen LogP contribution in [0.1, 0.15) is 21.5 Å². The number of aliphatic hydroxyl groups is 1. The predicted molar refractivity (Wildman–Crippen MR) is 79.0 cm³/mol. The maximum absolute atomic E-state index is 12.0. The van der Waals surface area contributed by atoms with Crippen LogP contribution in [0.4, 0.5) is 0 Å².